The summed E-state index contributed by atoms with van der Waals surface area (Å²) < 4.78 is 0. The molecule has 1 saturated heterocycles. The summed E-state index contributed by atoms with van der Waals surface area (Å²) >= 11 is 0. The van der Waals surface area contributed by atoms with Crippen LogP contribution in [0.1, 0.15) is 32.1 Å². The highest BCUT2D eigenvalue weighted by molar-refractivity contribution is 5.48. The second-order valence-corrected chi connectivity index (χ2v) is 5.66. The van der Waals surface area contributed by atoms with Crippen molar-refractivity contribution in [1.82, 2.24) is 4.90 Å². The van der Waals surface area contributed by atoms with Gasteiger partial charge in [-0.15, -0.1) is 0 Å². The lowest BCUT2D eigenvalue weighted by Crippen LogP contribution is -2.38. The number of para-hydroxylation sites is 1. The summed E-state index contributed by atoms with van der Waals surface area (Å²) in [6.07, 6.45) is 6.99. The van der Waals surface area contributed by atoms with Crippen LogP contribution >= 0.6 is 0 Å². The molecule has 1 saturated carbocycles. The second kappa shape index (κ2) is 5.75. The van der Waals surface area contributed by atoms with Gasteiger partial charge in [-0.3, -0.25) is 0 Å². The molecule has 2 fully saturated rings. The second-order valence-electron chi connectivity index (χ2n) is 5.66. The predicted molar refractivity (Wildman–Crippen MR) is 77.1 cm³/mol. The van der Waals surface area contributed by atoms with Crippen LogP contribution in [-0.2, 0) is 0 Å². The van der Waals surface area contributed by atoms with Gasteiger partial charge in [-0.1, -0.05) is 24.6 Å². The van der Waals surface area contributed by atoms with Crippen LogP contribution in [-0.4, -0.2) is 37.1 Å². The molecule has 1 aliphatic carbocycles. The standard InChI is InChI=1S/C16H24N2/c1-3-7-15(8-4-1)18(16-9-10-16)14-13-17-11-5-2-6-12-17/h1,3-4,7-8,16H,2,5-6,9-14H2. The minimum Gasteiger partial charge on any atom is -0.367 e. The molecule has 0 unspecified atom stereocenters. The lowest BCUT2D eigenvalue weighted by molar-refractivity contribution is 0.233. The summed E-state index contributed by atoms with van der Waals surface area (Å²) in [7, 11) is 0. The average Bonchev–Trinajstić information content (AvgIpc) is 3.26. The zero-order valence-electron chi connectivity index (χ0n) is 11.2. The fourth-order valence-corrected chi connectivity index (χ4v) is 2.96. The number of hydrogen-bond donors (Lipinski definition) is 0. The molecule has 0 radical (unpaired) electrons. The van der Waals surface area contributed by atoms with Gasteiger partial charge in [0.1, 0.15) is 0 Å². The molecule has 18 heavy (non-hydrogen) atoms. The molecule has 0 N–H and O–H groups in total. The van der Waals surface area contributed by atoms with E-state index in [1.807, 2.05) is 0 Å². The first-order valence-electron chi connectivity index (χ1n) is 7.47. The number of nitrogens with zero attached hydrogens (tertiary/aromatic N) is 2. The quantitative estimate of drug-likeness (QED) is 0.785. The number of rotatable bonds is 5. The molecule has 1 aromatic rings. The molecule has 3 rings (SSSR count). The number of anilines is 1. The largest absolute Gasteiger partial charge is 0.367 e. The molecule has 2 nitrogen and oxygen atoms in total. The Morgan fingerprint density at radius 1 is 1.00 bits per heavy atom. The maximum atomic E-state index is 2.64. The van der Waals surface area contributed by atoms with Crippen molar-refractivity contribution in [3.05, 3.63) is 30.3 Å². The van der Waals surface area contributed by atoms with Crippen LogP contribution in [0.2, 0.25) is 0 Å². The molecule has 1 heterocycles. The molecule has 0 spiro atoms. The maximum absolute atomic E-state index is 2.64. The van der Waals surface area contributed by atoms with Crippen molar-refractivity contribution in [3.63, 3.8) is 0 Å². The van der Waals surface area contributed by atoms with E-state index in [-0.39, 0.29) is 0 Å². The van der Waals surface area contributed by atoms with Gasteiger partial charge in [0.15, 0.2) is 0 Å². The minimum absolute atomic E-state index is 0.817. The van der Waals surface area contributed by atoms with Crippen molar-refractivity contribution >= 4 is 5.69 Å². The molecule has 0 bridgehead atoms. The highest BCUT2D eigenvalue weighted by atomic mass is 15.2. The molecule has 1 aromatic carbocycles. The summed E-state index contributed by atoms with van der Waals surface area (Å²) in [4.78, 5) is 5.26. The van der Waals surface area contributed by atoms with E-state index in [9.17, 15) is 0 Å². The fraction of sp³-hybridized carbons (Fsp3) is 0.625. The Morgan fingerprint density at radius 2 is 1.72 bits per heavy atom. The van der Waals surface area contributed by atoms with Gasteiger partial charge < -0.3 is 9.80 Å². The molecular formula is C16H24N2. The third-order valence-corrected chi connectivity index (χ3v) is 4.18. The van der Waals surface area contributed by atoms with E-state index < -0.39 is 0 Å². The van der Waals surface area contributed by atoms with E-state index in [0.29, 0.717) is 0 Å². The van der Waals surface area contributed by atoms with Crippen LogP contribution in [0.4, 0.5) is 5.69 Å². The predicted octanol–water partition coefficient (Wildman–Crippen LogP) is 3.14. The Bertz CT molecular complexity index is 353. The molecule has 2 heteroatoms. The molecule has 0 aromatic heterocycles. The Kier molecular flexibility index (Phi) is 3.84. The maximum Gasteiger partial charge on any atom is 0.0369 e. The van der Waals surface area contributed by atoms with E-state index in [1.54, 1.807) is 0 Å². The van der Waals surface area contributed by atoms with Crippen LogP contribution in [0.5, 0.6) is 0 Å². The molecule has 98 valence electrons. The van der Waals surface area contributed by atoms with Crippen LogP contribution in [0.3, 0.4) is 0 Å². The van der Waals surface area contributed by atoms with Crippen molar-refractivity contribution in [1.29, 1.82) is 0 Å². The van der Waals surface area contributed by atoms with Gasteiger partial charge in [-0.05, 0) is 50.9 Å². The van der Waals surface area contributed by atoms with E-state index >= 15 is 0 Å². The SMILES string of the molecule is c1ccc(N(CCN2CCCCC2)C2CC2)cc1. The van der Waals surface area contributed by atoms with Crippen LogP contribution in [0.15, 0.2) is 30.3 Å². The third-order valence-electron chi connectivity index (χ3n) is 4.18. The van der Waals surface area contributed by atoms with Crippen LogP contribution < -0.4 is 4.90 Å². The van der Waals surface area contributed by atoms with Crippen molar-refractivity contribution in [2.75, 3.05) is 31.1 Å². The zero-order valence-corrected chi connectivity index (χ0v) is 11.2. The first-order valence-corrected chi connectivity index (χ1v) is 7.47. The fourth-order valence-electron chi connectivity index (χ4n) is 2.96. The van der Waals surface area contributed by atoms with Crippen molar-refractivity contribution < 1.29 is 0 Å². The Hall–Kier alpha value is -1.02. The van der Waals surface area contributed by atoms with Gasteiger partial charge in [0.05, 0.1) is 0 Å². The van der Waals surface area contributed by atoms with Gasteiger partial charge in [0, 0.05) is 24.8 Å². The van der Waals surface area contributed by atoms with Crippen LogP contribution in [0, 0.1) is 0 Å². The van der Waals surface area contributed by atoms with Gasteiger partial charge in [-0.2, -0.15) is 0 Å². The number of benzene rings is 1. The van der Waals surface area contributed by atoms with Gasteiger partial charge in [-0.25, -0.2) is 0 Å². The van der Waals surface area contributed by atoms with E-state index in [4.69, 9.17) is 0 Å². The first kappa shape index (κ1) is 12.0. The van der Waals surface area contributed by atoms with Crippen molar-refractivity contribution in [2.45, 2.75) is 38.1 Å². The lowest BCUT2D eigenvalue weighted by atomic mass is 10.1. The van der Waals surface area contributed by atoms with E-state index in [1.165, 1.54) is 64.0 Å². The lowest BCUT2D eigenvalue weighted by Gasteiger charge is -2.31. The van der Waals surface area contributed by atoms with Crippen molar-refractivity contribution in [2.24, 2.45) is 0 Å². The molecule has 0 atom stereocenters. The summed E-state index contributed by atoms with van der Waals surface area (Å²) in [5.41, 5.74) is 1.41. The summed E-state index contributed by atoms with van der Waals surface area (Å²) in [6, 6.07) is 11.8. The van der Waals surface area contributed by atoms with Gasteiger partial charge in [0.2, 0.25) is 0 Å². The summed E-state index contributed by atoms with van der Waals surface area (Å²) in [5.74, 6) is 0. The monoisotopic (exact) mass is 244 g/mol. The Labute approximate surface area is 111 Å². The number of hydrogen-bond acceptors (Lipinski definition) is 2. The Morgan fingerprint density at radius 3 is 2.39 bits per heavy atom. The molecule has 2 aliphatic rings. The molecular weight excluding hydrogens is 220 g/mol. The molecule has 1 aliphatic heterocycles. The normalized spacial score (nSPS) is 20.9. The smallest absolute Gasteiger partial charge is 0.0369 e. The first-order chi connectivity index (χ1) is 8.93. The summed E-state index contributed by atoms with van der Waals surface area (Å²) in [6.45, 7) is 5.07. The topological polar surface area (TPSA) is 6.48 Å². The number of likely N-dealkylation sites (tertiary alicyclic amines) is 1. The highest BCUT2D eigenvalue weighted by Crippen LogP contribution is 2.31. The van der Waals surface area contributed by atoms with Gasteiger partial charge >= 0.3 is 0 Å². The highest BCUT2D eigenvalue weighted by Gasteiger charge is 2.29. The van der Waals surface area contributed by atoms with Crippen LogP contribution in [0.25, 0.3) is 0 Å². The summed E-state index contributed by atoms with van der Waals surface area (Å²) in [5, 5.41) is 0. The molecule has 0 amide bonds. The number of piperidine rings is 1. The third kappa shape index (κ3) is 3.05. The van der Waals surface area contributed by atoms with E-state index in [0.717, 1.165) is 6.04 Å². The van der Waals surface area contributed by atoms with Crippen molar-refractivity contribution in [3.8, 4) is 0 Å². The average molecular weight is 244 g/mol. The van der Waals surface area contributed by atoms with Gasteiger partial charge in [0.25, 0.3) is 0 Å². The van der Waals surface area contributed by atoms with E-state index in [2.05, 4.69) is 40.1 Å². The zero-order chi connectivity index (χ0) is 12.2. The minimum atomic E-state index is 0.817. The Balaban J connectivity index is 1.57.